The molecule has 0 aromatic heterocycles. The van der Waals surface area contributed by atoms with E-state index < -0.39 is 11.6 Å². The molecule has 0 spiro atoms. The number of hydrogen-bond acceptors (Lipinski definition) is 4. The molecule has 1 aromatic carbocycles. The Hall–Kier alpha value is -1.33. The molecule has 19 heavy (non-hydrogen) atoms. The molecule has 1 amide bonds. The number of hydrogen-bond donors (Lipinski definition) is 2. The van der Waals surface area contributed by atoms with E-state index in [-0.39, 0.29) is 16.9 Å². The van der Waals surface area contributed by atoms with E-state index in [9.17, 15) is 14.7 Å². The molecule has 1 aliphatic carbocycles. The fourth-order valence-corrected chi connectivity index (χ4v) is 4.28. The summed E-state index contributed by atoms with van der Waals surface area (Å²) in [5, 5.41) is 12.3. The van der Waals surface area contributed by atoms with Gasteiger partial charge in [-0.15, -0.1) is 11.8 Å². The SMILES string of the molecule is O=C(N[C@]12CC[C@@H](O)[C@H](SC1)C2=O)c1ccccc1. The third-order valence-corrected chi connectivity index (χ3v) is 5.39. The Labute approximate surface area is 115 Å². The lowest BCUT2D eigenvalue weighted by atomic mass is 9.80. The van der Waals surface area contributed by atoms with Crippen LogP contribution >= 0.6 is 11.8 Å². The molecule has 1 saturated carbocycles. The van der Waals surface area contributed by atoms with Gasteiger partial charge < -0.3 is 10.4 Å². The largest absolute Gasteiger partial charge is 0.392 e. The highest BCUT2D eigenvalue weighted by Crippen LogP contribution is 2.42. The summed E-state index contributed by atoms with van der Waals surface area (Å²) in [5.74, 6) is 0.318. The lowest BCUT2D eigenvalue weighted by Crippen LogP contribution is -2.59. The Morgan fingerprint density at radius 3 is 2.84 bits per heavy atom. The molecule has 1 heterocycles. The first-order valence-electron chi connectivity index (χ1n) is 6.34. The maximum absolute atomic E-state index is 12.3. The van der Waals surface area contributed by atoms with Crippen molar-refractivity contribution in [3.8, 4) is 0 Å². The van der Waals surface area contributed by atoms with Gasteiger partial charge in [0.2, 0.25) is 0 Å². The molecule has 2 fully saturated rings. The quantitative estimate of drug-likeness (QED) is 0.846. The van der Waals surface area contributed by atoms with Crippen molar-refractivity contribution in [2.45, 2.75) is 29.7 Å². The van der Waals surface area contributed by atoms with Crippen molar-refractivity contribution < 1.29 is 14.7 Å². The van der Waals surface area contributed by atoms with E-state index in [0.29, 0.717) is 24.2 Å². The maximum Gasteiger partial charge on any atom is 0.252 e. The van der Waals surface area contributed by atoms with E-state index in [2.05, 4.69) is 5.32 Å². The van der Waals surface area contributed by atoms with E-state index in [4.69, 9.17) is 0 Å². The minimum absolute atomic E-state index is 0.0273. The Morgan fingerprint density at radius 1 is 1.37 bits per heavy atom. The smallest absolute Gasteiger partial charge is 0.252 e. The number of Topliss-reactive ketones (excluding diaryl/α,β-unsaturated/α-hetero) is 1. The minimum Gasteiger partial charge on any atom is -0.392 e. The van der Waals surface area contributed by atoms with Gasteiger partial charge in [0.1, 0.15) is 5.54 Å². The molecule has 3 rings (SSSR count). The molecule has 2 N–H and O–H groups in total. The number of benzene rings is 1. The number of ketones is 1. The van der Waals surface area contributed by atoms with Crippen molar-refractivity contribution in [2.75, 3.05) is 5.75 Å². The van der Waals surface area contributed by atoms with Crippen LogP contribution in [-0.4, -0.2) is 39.4 Å². The van der Waals surface area contributed by atoms with Gasteiger partial charge >= 0.3 is 0 Å². The molecule has 5 heteroatoms. The van der Waals surface area contributed by atoms with Crippen molar-refractivity contribution in [1.82, 2.24) is 5.32 Å². The number of aliphatic hydroxyl groups excluding tert-OH is 1. The van der Waals surface area contributed by atoms with Gasteiger partial charge in [0.05, 0.1) is 11.4 Å². The molecule has 3 atom stereocenters. The summed E-state index contributed by atoms with van der Waals surface area (Å²) >= 11 is 1.45. The molecule has 0 unspecified atom stereocenters. The average molecular weight is 277 g/mol. The Bertz CT molecular complexity index is 519. The zero-order valence-corrected chi connectivity index (χ0v) is 11.2. The second-order valence-electron chi connectivity index (χ2n) is 5.10. The standard InChI is InChI=1S/C14H15NO3S/c16-10-6-7-14(8-19-11(10)12(14)17)15-13(18)9-4-2-1-3-5-9/h1-5,10-11,16H,6-8H2,(H,15,18)/t10-,11+,14-/m1/s1. The number of amides is 1. The second-order valence-corrected chi connectivity index (χ2v) is 6.23. The normalized spacial score (nSPS) is 33.2. The van der Waals surface area contributed by atoms with Crippen LogP contribution in [-0.2, 0) is 4.79 Å². The van der Waals surface area contributed by atoms with Crippen molar-refractivity contribution in [3.63, 3.8) is 0 Å². The first-order chi connectivity index (χ1) is 9.12. The van der Waals surface area contributed by atoms with Crippen molar-refractivity contribution >= 4 is 23.5 Å². The van der Waals surface area contributed by atoms with Crippen LogP contribution in [0.25, 0.3) is 0 Å². The average Bonchev–Trinajstić information content (AvgIpc) is 2.64. The molecule has 100 valence electrons. The molecule has 2 bridgehead atoms. The molecule has 1 aliphatic heterocycles. The van der Waals surface area contributed by atoms with E-state index in [1.54, 1.807) is 24.3 Å². The molecule has 1 saturated heterocycles. The van der Waals surface area contributed by atoms with E-state index in [1.165, 1.54) is 11.8 Å². The monoisotopic (exact) mass is 277 g/mol. The van der Waals surface area contributed by atoms with Crippen molar-refractivity contribution in [1.29, 1.82) is 0 Å². The summed E-state index contributed by atoms with van der Waals surface area (Å²) in [4.78, 5) is 24.5. The van der Waals surface area contributed by atoms with Gasteiger partial charge in [0.25, 0.3) is 5.91 Å². The fraction of sp³-hybridized carbons (Fsp3) is 0.429. The number of nitrogens with one attached hydrogen (secondary N) is 1. The summed E-state index contributed by atoms with van der Waals surface area (Å²) in [6.45, 7) is 0. The van der Waals surface area contributed by atoms with Crippen molar-refractivity contribution in [3.05, 3.63) is 35.9 Å². The second kappa shape index (κ2) is 4.65. The third-order valence-electron chi connectivity index (χ3n) is 3.84. The van der Waals surface area contributed by atoms with Crippen LogP contribution in [0.1, 0.15) is 23.2 Å². The van der Waals surface area contributed by atoms with Crippen LogP contribution in [0.15, 0.2) is 30.3 Å². The summed E-state index contributed by atoms with van der Waals surface area (Å²) < 4.78 is 0. The van der Waals surface area contributed by atoms with E-state index >= 15 is 0 Å². The number of fused-ring (bicyclic) bond motifs is 2. The summed E-state index contributed by atoms with van der Waals surface area (Å²) in [5.41, 5.74) is -0.217. The lowest BCUT2D eigenvalue weighted by Gasteiger charge is -2.33. The first kappa shape index (κ1) is 12.7. The van der Waals surface area contributed by atoms with Gasteiger partial charge in [-0.25, -0.2) is 0 Å². The Morgan fingerprint density at radius 2 is 2.11 bits per heavy atom. The van der Waals surface area contributed by atoms with Gasteiger partial charge in [-0.2, -0.15) is 0 Å². The van der Waals surface area contributed by atoms with E-state index in [0.717, 1.165) is 0 Å². The van der Waals surface area contributed by atoms with Crippen LogP contribution in [0.4, 0.5) is 0 Å². The van der Waals surface area contributed by atoms with Gasteiger partial charge in [0.15, 0.2) is 5.78 Å². The number of carbonyl (C=O) groups is 2. The van der Waals surface area contributed by atoms with Crippen LogP contribution < -0.4 is 5.32 Å². The number of rotatable bonds is 2. The molecular formula is C14H15NO3S. The van der Waals surface area contributed by atoms with Crippen LogP contribution in [0.2, 0.25) is 0 Å². The van der Waals surface area contributed by atoms with Crippen LogP contribution in [0.3, 0.4) is 0 Å². The van der Waals surface area contributed by atoms with Crippen LogP contribution in [0, 0.1) is 0 Å². The maximum atomic E-state index is 12.3. The summed E-state index contributed by atoms with van der Waals surface area (Å²) in [7, 11) is 0. The summed E-state index contributed by atoms with van der Waals surface area (Å²) in [6, 6.07) is 8.90. The number of carbonyl (C=O) groups excluding carboxylic acids is 2. The van der Waals surface area contributed by atoms with Gasteiger partial charge in [-0.05, 0) is 25.0 Å². The Balaban J connectivity index is 1.80. The third kappa shape index (κ3) is 2.07. The highest BCUT2D eigenvalue weighted by atomic mass is 32.2. The zero-order chi connectivity index (χ0) is 13.5. The van der Waals surface area contributed by atoms with Crippen molar-refractivity contribution in [2.24, 2.45) is 0 Å². The Kier molecular flexibility index (Phi) is 3.11. The number of aliphatic hydroxyl groups is 1. The molecule has 2 aliphatic rings. The van der Waals surface area contributed by atoms with Gasteiger partial charge in [0, 0.05) is 11.3 Å². The lowest BCUT2D eigenvalue weighted by molar-refractivity contribution is -0.127. The minimum atomic E-state index is -0.776. The van der Waals surface area contributed by atoms with Crippen LogP contribution in [0.5, 0.6) is 0 Å². The highest BCUT2D eigenvalue weighted by Gasteiger charge is 2.55. The number of thioether (sulfide) groups is 1. The predicted octanol–water partition coefficient (Wildman–Crippen LogP) is 0.994. The van der Waals surface area contributed by atoms with Gasteiger partial charge in [-0.3, -0.25) is 9.59 Å². The molecule has 4 nitrogen and oxygen atoms in total. The fourth-order valence-electron chi connectivity index (χ4n) is 2.72. The molecule has 1 aromatic rings. The molecule has 0 radical (unpaired) electrons. The van der Waals surface area contributed by atoms with E-state index in [1.807, 2.05) is 6.07 Å². The molecular weight excluding hydrogens is 262 g/mol. The van der Waals surface area contributed by atoms with Gasteiger partial charge in [-0.1, -0.05) is 18.2 Å². The zero-order valence-electron chi connectivity index (χ0n) is 10.3. The summed E-state index contributed by atoms with van der Waals surface area (Å²) in [6.07, 6.45) is 0.523. The highest BCUT2D eigenvalue weighted by molar-refractivity contribution is 8.01. The predicted molar refractivity (Wildman–Crippen MR) is 73.1 cm³/mol. The first-order valence-corrected chi connectivity index (χ1v) is 7.39. The topological polar surface area (TPSA) is 66.4 Å².